The number of hydrogen-bond acceptors (Lipinski definition) is 0. The molecule has 0 bridgehead atoms. The Morgan fingerprint density at radius 2 is 1.23 bits per heavy atom. The summed E-state index contributed by atoms with van der Waals surface area (Å²) in [6, 6.07) is 18.3. The van der Waals surface area contributed by atoms with E-state index < -0.39 is 0 Å². The summed E-state index contributed by atoms with van der Waals surface area (Å²) in [7, 11) is 0. The van der Waals surface area contributed by atoms with Crippen molar-refractivity contribution in [2.75, 3.05) is 0 Å². The molecule has 138 valence electrons. The second-order valence-electron chi connectivity index (χ2n) is 7.71. The molecule has 0 atom stereocenters. The maximum Gasteiger partial charge on any atom is -0.0102 e. The molecule has 0 nitrogen and oxygen atoms in total. The van der Waals surface area contributed by atoms with Crippen molar-refractivity contribution in [3.63, 3.8) is 0 Å². The van der Waals surface area contributed by atoms with E-state index in [9.17, 15) is 0 Å². The quantitative estimate of drug-likeness (QED) is 0.256. The van der Waals surface area contributed by atoms with Crippen LogP contribution in [0.15, 0.2) is 48.5 Å². The minimum absolute atomic E-state index is 1.23. The molecular formula is C26H34. The van der Waals surface area contributed by atoms with E-state index in [1.165, 1.54) is 85.8 Å². The number of aryl methyl sites for hydroxylation is 2. The fourth-order valence-electron chi connectivity index (χ4n) is 4.20. The van der Waals surface area contributed by atoms with E-state index in [1.54, 1.807) is 11.1 Å². The lowest BCUT2D eigenvalue weighted by atomic mass is 9.90. The largest absolute Gasteiger partial charge is 0.0654 e. The second kappa shape index (κ2) is 9.76. The van der Waals surface area contributed by atoms with Gasteiger partial charge in [0, 0.05) is 0 Å². The third-order valence-electron chi connectivity index (χ3n) is 5.71. The summed E-state index contributed by atoms with van der Waals surface area (Å²) >= 11 is 0. The van der Waals surface area contributed by atoms with Crippen molar-refractivity contribution in [2.24, 2.45) is 0 Å². The van der Waals surface area contributed by atoms with Gasteiger partial charge in [-0.2, -0.15) is 0 Å². The fraction of sp³-hybridized carbons (Fsp3) is 0.462. The third kappa shape index (κ3) is 4.47. The molecule has 0 aliphatic carbocycles. The fourth-order valence-corrected chi connectivity index (χ4v) is 4.20. The van der Waals surface area contributed by atoms with Crippen molar-refractivity contribution in [3.8, 4) is 0 Å². The minimum Gasteiger partial charge on any atom is -0.0654 e. The van der Waals surface area contributed by atoms with Crippen molar-refractivity contribution in [1.82, 2.24) is 0 Å². The first kappa shape index (κ1) is 19.0. The summed E-state index contributed by atoms with van der Waals surface area (Å²) in [4.78, 5) is 0. The van der Waals surface area contributed by atoms with Crippen molar-refractivity contribution < 1.29 is 0 Å². The van der Waals surface area contributed by atoms with Crippen LogP contribution in [-0.2, 0) is 12.8 Å². The van der Waals surface area contributed by atoms with Gasteiger partial charge in [0.05, 0.1) is 0 Å². The third-order valence-corrected chi connectivity index (χ3v) is 5.71. The molecule has 3 aromatic rings. The van der Waals surface area contributed by atoms with Gasteiger partial charge in [-0.25, -0.2) is 0 Å². The van der Waals surface area contributed by atoms with Gasteiger partial charge in [-0.3, -0.25) is 0 Å². The molecule has 0 unspecified atom stereocenters. The van der Waals surface area contributed by atoms with Crippen molar-refractivity contribution in [1.29, 1.82) is 0 Å². The Morgan fingerprint density at radius 1 is 0.538 bits per heavy atom. The van der Waals surface area contributed by atoms with E-state index in [-0.39, 0.29) is 0 Å². The molecule has 0 fully saturated rings. The first-order valence-corrected chi connectivity index (χ1v) is 10.8. The molecule has 0 radical (unpaired) electrons. The topological polar surface area (TPSA) is 0 Å². The standard InChI is InChI=1S/C26H34/c1-3-5-7-9-13-21-17-19-26-24-16-12-11-14-22(24)18-20-25(26)23(21)15-10-8-6-4-2/h11-12,14,16-20H,3-10,13,15H2,1-2H3. The average molecular weight is 347 g/mol. The molecule has 0 saturated carbocycles. The molecule has 3 aromatic carbocycles. The monoisotopic (exact) mass is 346 g/mol. The lowest BCUT2D eigenvalue weighted by Gasteiger charge is -2.15. The van der Waals surface area contributed by atoms with Gasteiger partial charge in [0.25, 0.3) is 0 Å². The second-order valence-corrected chi connectivity index (χ2v) is 7.71. The molecule has 0 saturated heterocycles. The Labute approximate surface area is 159 Å². The van der Waals surface area contributed by atoms with E-state index >= 15 is 0 Å². The van der Waals surface area contributed by atoms with Gasteiger partial charge in [0.2, 0.25) is 0 Å². The zero-order valence-electron chi connectivity index (χ0n) is 16.7. The molecule has 26 heavy (non-hydrogen) atoms. The Balaban J connectivity index is 1.95. The summed E-state index contributed by atoms with van der Waals surface area (Å²) in [5.41, 5.74) is 3.22. The molecule has 0 spiro atoms. The first-order chi connectivity index (χ1) is 12.8. The van der Waals surface area contributed by atoms with Crippen LogP contribution in [0.2, 0.25) is 0 Å². The van der Waals surface area contributed by atoms with E-state index in [0.717, 1.165) is 0 Å². The van der Waals surface area contributed by atoms with Crippen LogP contribution in [0.4, 0.5) is 0 Å². The Morgan fingerprint density at radius 3 is 2.00 bits per heavy atom. The van der Waals surface area contributed by atoms with Gasteiger partial charge in [0.15, 0.2) is 0 Å². The molecule has 0 heterocycles. The van der Waals surface area contributed by atoms with Crippen LogP contribution in [0, 0.1) is 0 Å². The molecular weight excluding hydrogens is 312 g/mol. The van der Waals surface area contributed by atoms with Crippen LogP contribution in [0.3, 0.4) is 0 Å². The molecule has 0 N–H and O–H groups in total. The highest BCUT2D eigenvalue weighted by atomic mass is 14.1. The van der Waals surface area contributed by atoms with Crippen molar-refractivity contribution >= 4 is 21.5 Å². The lowest BCUT2D eigenvalue weighted by molar-refractivity contribution is 0.652. The van der Waals surface area contributed by atoms with Gasteiger partial charge >= 0.3 is 0 Å². The van der Waals surface area contributed by atoms with Gasteiger partial charge < -0.3 is 0 Å². The van der Waals surface area contributed by atoms with Crippen LogP contribution < -0.4 is 0 Å². The summed E-state index contributed by atoms with van der Waals surface area (Å²) in [6.45, 7) is 4.59. The molecule has 0 aliphatic rings. The van der Waals surface area contributed by atoms with E-state index in [2.05, 4.69) is 62.4 Å². The van der Waals surface area contributed by atoms with Gasteiger partial charge in [-0.05, 0) is 58.4 Å². The highest BCUT2D eigenvalue weighted by molar-refractivity contribution is 6.08. The van der Waals surface area contributed by atoms with Crippen molar-refractivity contribution in [3.05, 3.63) is 59.7 Å². The summed E-state index contributed by atoms with van der Waals surface area (Å²) in [5.74, 6) is 0. The molecule has 0 aromatic heterocycles. The maximum absolute atomic E-state index is 2.43. The van der Waals surface area contributed by atoms with E-state index in [4.69, 9.17) is 0 Å². The number of rotatable bonds is 10. The predicted octanol–water partition coefficient (Wildman–Crippen LogP) is 8.24. The van der Waals surface area contributed by atoms with Gasteiger partial charge in [-0.15, -0.1) is 0 Å². The summed E-state index contributed by atoms with van der Waals surface area (Å²) in [6.07, 6.45) is 13.2. The van der Waals surface area contributed by atoms with Crippen LogP contribution in [0.25, 0.3) is 21.5 Å². The van der Waals surface area contributed by atoms with Crippen molar-refractivity contribution in [2.45, 2.75) is 78.1 Å². The molecule has 0 heteroatoms. The number of hydrogen-bond donors (Lipinski definition) is 0. The minimum atomic E-state index is 1.23. The van der Waals surface area contributed by atoms with Gasteiger partial charge in [0.1, 0.15) is 0 Å². The highest BCUT2D eigenvalue weighted by Gasteiger charge is 2.10. The van der Waals surface area contributed by atoms with Crippen LogP contribution in [-0.4, -0.2) is 0 Å². The SMILES string of the molecule is CCCCCCc1ccc2c(ccc3ccccc32)c1CCCCCC. The lowest BCUT2D eigenvalue weighted by Crippen LogP contribution is -1.98. The first-order valence-electron chi connectivity index (χ1n) is 10.8. The number of fused-ring (bicyclic) bond motifs is 3. The van der Waals surface area contributed by atoms with E-state index in [1.807, 2.05) is 0 Å². The highest BCUT2D eigenvalue weighted by Crippen LogP contribution is 2.31. The summed E-state index contributed by atoms with van der Waals surface area (Å²) < 4.78 is 0. The molecule has 0 aliphatic heterocycles. The maximum atomic E-state index is 2.43. The zero-order valence-corrected chi connectivity index (χ0v) is 16.7. The number of benzene rings is 3. The smallest absolute Gasteiger partial charge is 0.0102 e. The number of unbranched alkanes of at least 4 members (excludes halogenated alkanes) is 6. The van der Waals surface area contributed by atoms with Gasteiger partial charge in [-0.1, -0.05) is 101 Å². The molecule has 0 amide bonds. The van der Waals surface area contributed by atoms with Crippen LogP contribution >= 0.6 is 0 Å². The Bertz CT molecular complexity index is 828. The van der Waals surface area contributed by atoms with E-state index in [0.29, 0.717) is 0 Å². The Hall–Kier alpha value is -1.82. The van der Waals surface area contributed by atoms with Crippen LogP contribution in [0.5, 0.6) is 0 Å². The zero-order chi connectivity index (χ0) is 18.2. The summed E-state index contributed by atoms with van der Waals surface area (Å²) in [5, 5.41) is 5.68. The predicted molar refractivity (Wildman–Crippen MR) is 117 cm³/mol. The average Bonchev–Trinajstić information content (AvgIpc) is 2.69. The Kier molecular flexibility index (Phi) is 7.12. The molecule has 3 rings (SSSR count). The normalized spacial score (nSPS) is 11.5. The van der Waals surface area contributed by atoms with Crippen LogP contribution in [0.1, 0.15) is 76.3 Å².